The van der Waals surface area contributed by atoms with E-state index in [9.17, 15) is 4.79 Å². The molecule has 2 aromatic heterocycles. The van der Waals surface area contributed by atoms with Crippen LogP contribution in [0.25, 0.3) is 0 Å². The topological polar surface area (TPSA) is 91.8 Å². The lowest BCUT2D eigenvalue weighted by Crippen LogP contribution is -1.98. The number of aromatic nitrogens is 4. The summed E-state index contributed by atoms with van der Waals surface area (Å²) in [7, 11) is 0. The maximum atomic E-state index is 10.6. The number of hydrogen-bond acceptors (Lipinski definition) is 5. The van der Waals surface area contributed by atoms with Crippen molar-refractivity contribution in [1.29, 1.82) is 0 Å². The third-order valence-corrected chi connectivity index (χ3v) is 2.58. The predicted molar refractivity (Wildman–Crippen MR) is 56.4 cm³/mol. The Morgan fingerprint density at radius 2 is 2.31 bits per heavy atom. The smallest absolute Gasteiger partial charge is 0.354 e. The van der Waals surface area contributed by atoms with Crippen molar-refractivity contribution < 1.29 is 9.90 Å². The Labute approximate surface area is 95.1 Å². The van der Waals surface area contributed by atoms with Gasteiger partial charge in [0.25, 0.3) is 0 Å². The Hall–Kier alpha value is -1.89. The van der Waals surface area contributed by atoms with Crippen LogP contribution in [-0.2, 0) is 0 Å². The summed E-state index contributed by atoms with van der Waals surface area (Å²) in [6.07, 6.45) is 1.49. The highest BCUT2D eigenvalue weighted by atomic mass is 32.2. The number of aromatic amines is 1. The summed E-state index contributed by atoms with van der Waals surface area (Å²) < 4.78 is 0. The number of pyridine rings is 1. The largest absolute Gasteiger partial charge is 0.477 e. The molecule has 0 saturated heterocycles. The number of carboxylic acid groups (broad SMARTS) is 1. The fourth-order valence-electron chi connectivity index (χ4n) is 1.04. The maximum Gasteiger partial charge on any atom is 0.354 e. The monoisotopic (exact) mass is 236 g/mol. The van der Waals surface area contributed by atoms with Gasteiger partial charge in [0, 0.05) is 11.1 Å². The van der Waals surface area contributed by atoms with Gasteiger partial charge in [-0.25, -0.2) is 14.8 Å². The second kappa shape index (κ2) is 4.31. The van der Waals surface area contributed by atoms with Crippen LogP contribution in [0.15, 0.2) is 28.4 Å². The van der Waals surface area contributed by atoms with E-state index in [4.69, 9.17) is 5.11 Å². The molecule has 0 aliphatic heterocycles. The molecule has 0 amide bonds. The molecule has 2 aromatic rings. The van der Waals surface area contributed by atoms with Crippen molar-refractivity contribution in [3.63, 3.8) is 0 Å². The van der Waals surface area contributed by atoms with Gasteiger partial charge in [-0.1, -0.05) is 0 Å². The van der Waals surface area contributed by atoms with Gasteiger partial charge >= 0.3 is 5.97 Å². The zero-order valence-corrected chi connectivity index (χ0v) is 9.15. The molecule has 2 heterocycles. The fraction of sp³-hybridized carbons (Fsp3) is 0.111. The van der Waals surface area contributed by atoms with Crippen LogP contribution >= 0.6 is 11.8 Å². The number of H-pyrrole nitrogens is 1. The molecular weight excluding hydrogens is 228 g/mol. The Morgan fingerprint density at radius 1 is 1.50 bits per heavy atom. The average Bonchev–Trinajstić information content (AvgIpc) is 2.65. The molecule has 82 valence electrons. The summed E-state index contributed by atoms with van der Waals surface area (Å²) in [5.41, 5.74) is 0.0236. The van der Waals surface area contributed by atoms with E-state index in [0.717, 1.165) is 10.7 Å². The van der Waals surface area contributed by atoms with E-state index in [-0.39, 0.29) is 5.69 Å². The highest BCUT2D eigenvalue weighted by molar-refractivity contribution is 7.99. The quantitative estimate of drug-likeness (QED) is 0.835. The van der Waals surface area contributed by atoms with Gasteiger partial charge in [0.05, 0.1) is 0 Å². The minimum absolute atomic E-state index is 0.0236. The maximum absolute atomic E-state index is 10.6. The Balaban J connectivity index is 2.14. The van der Waals surface area contributed by atoms with Crippen LogP contribution in [0.2, 0.25) is 0 Å². The van der Waals surface area contributed by atoms with Gasteiger partial charge in [-0.2, -0.15) is 0 Å². The molecule has 2 rings (SSSR count). The molecular formula is C9H8N4O2S. The third-order valence-electron chi connectivity index (χ3n) is 1.74. The summed E-state index contributed by atoms with van der Waals surface area (Å²) in [5, 5.41) is 15.9. The van der Waals surface area contributed by atoms with Crippen molar-refractivity contribution in [3.05, 3.63) is 29.8 Å². The van der Waals surface area contributed by atoms with E-state index in [1.807, 2.05) is 6.92 Å². The van der Waals surface area contributed by atoms with Gasteiger partial charge < -0.3 is 5.11 Å². The van der Waals surface area contributed by atoms with Crippen molar-refractivity contribution in [2.24, 2.45) is 0 Å². The van der Waals surface area contributed by atoms with Crippen molar-refractivity contribution >= 4 is 17.7 Å². The number of rotatable bonds is 3. The zero-order valence-electron chi connectivity index (χ0n) is 8.34. The summed E-state index contributed by atoms with van der Waals surface area (Å²) in [5.74, 6) is -0.303. The summed E-state index contributed by atoms with van der Waals surface area (Å²) in [6, 6.07) is 3.12. The summed E-state index contributed by atoms with van der Waals surface area (Å²) >= 11 is 1.32. The number of carboxylic acids is 1. The molecule has 16 heavy (non-hydrogen) atoms. The van der Waals surface area contributed by atoms with Crippen molar-refractivity contribution in [1.82, 2.24) is 20.2 Å². The van der Waals surface area contributed by atoms with Gasteiger partial charge in [-0.3, -0.25) is 5.10 Å². The summed E-state index contributed by atoms with van der Waals surface area (Å²) in [4.78, 5) is 19.3. The number of carbonyl (C=O) groups is 1. The van der Waals surface area contributed by atoms with E-state index in [0.29, 0.717) is 5.16 Å². The van der Waals surface area contributed by atoms with Gasteiger partial charge in [0.15, 0.2) is 0 Å². The molecule has 0 aliphatic rings. The van der Waals surface area contributed by atoms with Crippen LogP contribution in [-0.4, -0.2) is 31.2 Å². The molecule has 0 aliphatic carbocycles. The summed E-state index contributed by atoms with van der Waals surface area (Å²) in [6.45, 7) is 1.81. The van der Waals surface area contributed by atoms with E-state index in [1.54, 1.807) is 6.07 Å². The number of aromatic carboxylic acids is 1. The second-order valence-corrected chi connectivity index (χ2v) is 4.03. The Bertz CT molecular complexity index is 508. The van der Waals surface area contributed by atoms with E-state index < -0.39 is 5.97 Å². The number of nitrogens with zero attached hydrogens (tertiary/aromatic N) is 3. The first-order chi connectivity index (χ1) is 7.65. The molecule has 0 aromatic carbocycles. The zero-order chi connectivity index (χ0) is 11.5. The minimum atomic E-state index is -1.04. The Morgan fingerprint density at radius 3 is 2.81 bits per heavy atom. The molecule has 0 fully saturated rings. The van der Waals surface area contributed by atoms with Crippen LogP contribution in [0.1, 0.15) is 16.3 Å². The Kier molecular flexibility index (Phi) is 2.86. The van der Waals surface area contributed by atoms with Gasteiger partial charge in [0.1, 0.15) is 11.5 Å². The highest BCUT2D eigenvalue weighted by Crippen LogP contribution is 2.23. The van der Waals surface area contributed by atoms with Crippen LogP contribution in [0, 0.1) is 6.92 Å². The molecule has 2 N–H and O–H groups in total. The first kappa shape index (κ1) is 10.6. The molecule has 0 spiro atoms. The second-order valence-electron chi connectivity index (χ2n) is 2.99. The number of hydrogen-bond donors (Lipinski definition) is 2. The lowest BCUT2D eigenvalue weighted by molar-refractivity contribution is 0.0690. The van der Waals surface area contributed by atoms with Crippen LogP contribution in [0.3, 0.4) is 0 Å². The van der Waals surface area contributed by atoms with E-state index in [1.165, 1.54) is 24.0 Å². The van der Waals surface area contributed by atoms with Crippen molar-refractivity contribution in [3.8, 4) is 0 Å². The van der Waals surface area contributed by atoms with Gasteiger partial charge in [-0.05, 0) is 30.8 Å². The minimum Gasteiger partial charge on any atom is -0.477 e. The van der Waals surface area contributed by atoms with Crippen molar-refractivity contribution in [2.75, 3.05) is 0 Å². The van der Waals surface area contributed by atoms with E-state index >= 15 is 0 Å². The van der Waals surface area contributed by atoms with Crippen LogP contribution in [0.4, 0.5) is 0 Å². The normalized spacial score (nSPS) is 10.3. The average molecular weight is 236 g/mol. The number of nitrogens with one attached hydrogen (secondary N) is 1. The third kappa shape index (κ3) is 2.37. The standard InChI is InChI=1S/C9H8N4O2S/c1-5-11-9(13-12-5)16-6-2-3-7(8(14)15)10-4-6/h2-4H,1H3,(H,14,15)(H,11,12,13). The number of aryl methyl sites for hydroxylation is 1. The molecule has 0 unspecified atom stereocenters. The SMILES string of the molecule is Cc1nc(Sc2ccc(C(=O)O)nc2)n[nH]1. The molecule has 0 bridgehead atoms. The lowest BCUT2D eigenvalue weighted by Gasteiger charge is -1.96. The van der Waals surface area contributed by atoms with Crippen LogP contribution in [0.5, 0.6) is 0 Å². The van der Waals surface area contributed by atoms with Crippen molar-refractivity contribution in [2.45, 2.75) is 17.0 Å². The first-order valence-corrected chi connectivity index (χ1v) is 5.23. The van der Waals surface area contributed by atoms with E-state index in [2.05, 4.69) is 20.2 Å². The van der Waals surface area contributed by atoms with Gasteiger partial charge in [0.2, 0.25) is 5.16 Å². The highest BCUT2D eigenvalue weighted by Gasteiger charge is 2.06. The van der Waals surface area contributed by atoms with Gasteiger partial charge in [-0.15, -0.1) is 5.10 Å². The predicted octanol–water partition coefficient (Wildman–Crippen LogP) is 1.36. The molecule has 7 heteroatoms. The lowest BCUT2D eigenvalue weighted by atomic mass is 10.4. The fourth-order valence-corrected chi connectivity index (χ4v) is 1.77. The molecule has 0 saturated carbocycles. The van der Waals surface area contributed by atoms with Crippen LogP contribution < -0.4 is 0 Å². The molecule has 6 nitrogen and oxygen atoms in total. The first-order valence-electron chi connectivity index (χ1n) is 4.41. The molecule has 0 atom stereocenters. The molecule has 0 radical (unpaired) electrons.